The third-order valence-electron chi connectivity index (χ3n) is 4.41. The van der Waals surface area contributed by atoms with Crippen LogP contribution in [0.25, 0.3) is 0 Å². The van der Waals surface area contributed by atoms with Gasteiger partial charge in [0.2, 0.25) is 0 Å². The number of rotatable bonds is 3. The van der Waals surface area contributed by atoms with E-state index in [2.05, 4.69) is 31.1 Å². The van der Waals surface area contributed by atoms with E-state index in [1.807, 2.05) is 0 Å². The number of halogens is 1. The molecular formula is C13H17BrN4O2. The van der Waals surface area contributed by atoms with Gasteiger partial charge in [0.05, 0.1) is 9.40 Å². The van der Waals surface area contributed by atoms with Gasteiger partial charge in [0.25, 0.3) is 5.69 Å². The maximum absolute atomic E-state index is 10.9. The van der Waals surface area contributed by atoms with Gasteiger partial charge in [-0.2, -0.15) is 0 Å². The lowest BCUT2D eigenvalue weighted by atomic mass is 9.84. The molecule has 0 saturated carbocycles. The average Bonchev–Trinajstić information content (AvgIpc) is 2.45. The lowest BCUT2D eigenvalue weighted by Crippen LogP contribution is -2.53. The van der Waals surface area contributed by atoms with Crippen LogP contribution in [-0.2, 0) is 0 Å². The third-order valence-corrected chi connectivity index (χ3v) is 5.38. The molecule has 108 valence electrons. The Morgan fingerprint density at radius 3 is 2.75 bits per heavy atom. The molecular weight excluding hydrogens is 324 g/mol. The van der Waals surface area contributed by atoms with Crippen molar-refractivity contribution in [3.63, 3.8) is 0 Å². The number of piperidine rings is 3. The summed E-state index contributed by atoms with van der Waals surface area (Å²) < 4.78 is 0.697. The molecule has 1 aromatic heterocycles. The van der Waals surface area contributed by atoms with Crippen molar-refractivity contribution in [2.75, 3.05) is 25.0 Å². The van der Waals surface area contributed by atoms with Crippen molar-refractivity contribution in [3.8, 4) is 0 Å². The summed E-state index contributed by atoms with van der Waals surface area (Å²) in [6, 6.07) is 0.391. The van der Waals surface area contributed by atoms with Crippen LogP contribution in [0.3, 0.4) is 0 Å². The van der Waals surface area contributed by atoms with Crippen LogP contribution in [0, 0.1) is 23.0 Å². The summed E-state index contributed by atoms with van der Waals surface area (Å²) >= 11 is 3.44. The Balaban J connectivity index is 1.81. The van der Waals surface area contributed by atoms with E-state index in [9.17, 15) is 10.1 Å². The van der Waals surface area contributed by atoms with Gasteiger partial charge in [0.1, 0.15) is 12.0 Å². The van der Waals surface area contributed by atoms with Crippen LogP contribution in [0.4, 0.5) is 11.5 Å². The van der Waals surface area contributed by atoms with Gasteiger partial charge < -0.3 is 10.2 Å². The van der Waals surface area contributed by atoms with Gasteiger partial charge in [-0.1, -0.05) is 0 Å². The summed E-state index contributed by atoms with van der Waals surface area (Å²) in [6.07, 6.45) is 3.78. The SMILES string of the molecule is Cc1c([N+](=O)[O-])cnc(NC2CN3CCC2CC3)c1Br. The van der Waals surface area contributed by atoms with E-state index < -0.39 is 4.92 Å². The number of anilines is 1. The molecule has 1 atom stereocenters. The Kier molecular flexibility index (Phi) is 3.64. The predicted octanol–water partition coefficient (Wildman–Crippen LogP) is 2.57. The zero-order valence-corrected chi connectivity index (χ0v) is 12.9. The smallest absolute Gasteiger partial charge is 0.291 e. The van der Waals surface area contributed by atoms with Crippen LogP contribution in [0.1, 0.15) is 18.4 Å². The molecule has 3 fully saturated rings. The van der Waals surface area contributed by atoms with Crippen molar-refractivity contribution in [2.45, 2.75) is 25.8 Å². The van der Waals surface area contributed by atoms with E-state index in [0.717, 1.165) is 6.54 Å². The number of aromatic nitrogens is 1. The maximum Gasteiger partial charge on any atom is 0.291 e. The molecule has 0 aromatic carbocycles. The first kappa shape index (κ1) is 13.8. The van der Waals surface area contributed by atoms with Gasteiger partial charge >= 0.3 is 0 Å². The largest absolute Gasteiger partial charge is 0.365 e. The van der Waals surface area contributed by atoms with Crippen LogP contribution in [0.2, 0.25) is 0 Å². The fourth-order valence-electron chi connectivity index (χ4n) is 3.16. The number of nitrogens with zero attached hydrogens (tertiary/aromatic N) is 3. The van der Waals surface area contributed by atoms with E-state index in [0.29, 0.717) is 27.8 Å². The number of nitro groups is 1. The number of nitrogens with one attached hydrogen (secondary N) is 1. The zero-order valence-electron chi connectivity index (χ0n) is 11.3. The fraction of sp³-hybridized carbons (Fsp3) is 0.615. The van der Waals surface area contributed by atoms with E-state index in [-0.39, 0.29) is 5.69 Å². The van der Waals surface area contributed by atoms with Gasteiger partial charge in [-0.15, -0.1) is 0 Å². The summed E-state index contributed by atoms with van der Waals surface area (Å²) in [4.78, 5) is 17.2. The van der Waals surface area contributed by atoms with Crippen LogP contribution < -0.4 is 5.32 Å². The van der Waals surface area contributed by atoms with Gasteiger partial charge in [-0.25, -0.2) is 4.98 Å². The number of pyridine rings is 1. The first-order chi connectivity index (χ1) is 9.56. The molecule has 0 spiro atoms. The summed E-state index contributed by atoms with van der Waals surface area (Å²) in [5.74, 6) is 1.40. The second kappa shape index (κ2) is 5.29. The summed E-state index contributed by atoms with van der Waals surface area (Å²) in [5, 5.41) is 14.4. The maximum atomic E-state index is 10.9. The minimum atomic E-state index is -0.398. The van der Waals surface area contributed by atoms with E-state index in [4.69, 9.17) is 0 Å². The van der Waals surface area contributed by atoms with Crippen molar-refractivity contribution in [1.29, 1.82) is 0 Å². The first-order valence-corrected chi connectivity index (χ1v) is 7.64. The predicted molar refractivity (Wildman–Crippen MR) is 79.9 cm³/mol. The Hall–Kier alpha value is -1.21. The number of fused-ring (bicyclic) bond motifs is 3. The average molecular weight is 341 g/mol. The molecule has 1 N–H and O–H groups in total. The first-order valence-electron chi connectivity index (χ1n) is 6.84. The van der Waals surface area contributed by atoms with Crippen molar-refractivity contribution in [3.05, 3.63) is 26.3 Å². The molecule has 1 aromatic rings. The van der Waals surface area contributed by atoms with Crippen molar-refractivity contribution < 1.29 is 4.92 Å². The van der Waals surface area contributed by atoms with Gasteiger partial charge in [-0.3, -0.25) is 10.1 Å². The summed E-state index contributed by atoms with van der Waals surface area (Å²) in [7, 11) is 0. The molecule has 0 aliphatic carbocycles. The summed E-state index contributed by atoms with van der Waals surface area (Å²) in [6.45, 7) is 5.16. The fourth-order valence-corrected chi connectivity index (χ4v) is 3.58. The van der Waals surface area contributed by atoms with E-state index in [1.54, 1.807) is 6.92 Å². The van der Waals surface area contributed by atoms with E-state index >= 15 is 0 Å². The van der Waals surface area contributed by atoms with Crippen molar-refractivity contribution >= 4 is 27.4 Å². The van der Waals surface area contributed by atoms with E-state index in [1.165, 1.54) is 32.1 Å². The molecule has 3 saturated heterocycles. The van der Waals surface area contributed by atoms with Crippen LogP contribution in [0.15, 0.2) is 10.7 Å². The highest BCUT2D eigenvalue weighted by Gasteiger charge is 2.34. The lowest BCUT2D eigenvalue weighted by Gasteiger charge is -2.45. The molecule has 20 heavy (non-hydrogen) atoms. The molecule has 3 aliphatic rings. The molecule has 1 unspecified atom stereocenters. The van der Waals surface area contributed by atoms with Crippen LogP contribution in [0.5, 0.6) is 0 Å². The Morgan fingerprint density at radius 1 is 1.50 bits per heavy atom. The zero-order chi connectivity index (χ0) is 14.3. The summed E-state index contributed by atoms with van der Waals surface area (Å²) in [5.41, 5.74) is 0.671. The monoisotopic (exact) mass is 340 g/mol. The highest BCUT2D eigenvalue weighted by Crippen LogP contribution is 2.34. The quantitative estimate of drug-likeness (QED) is 0.676. The molecule has 4 heterocycles. The Labute approximate surface area is 125 Å². The van der Waals surface area contributed by atoms with Crippen LogP contribution in [-0.4, -0.2) is 40.5 Å². The molecule has 3 aliphatic heterocycles. The lowest BCUT2D eigenvalue weighted by molar-refractivity contribution is -0.385. The molecule has 2 bridgehead atoms. The molecule has 7 heteroatoms. The van der Waals surface area contributed by atoms with Crippen molar-refractivity contribution in [1.82, 2.24) is 9.88 Å². The minimum Gasteiger partial charge on any atom is -0.365 e. The highest BCUT2D eigenvalue weighted by molar-refractivity contribution is 9.10. The van der Waals surface area contributed by atoms with Crippen LogP contribution >= 0.6 is 15.9 Å². The highest BCUT2D eigenvalue weighted by atomic mass is 79.9. The minimum absolute atomic E-state index is 0.0522. The topological polar surface area (TPSA) is 71.3 Å². The molecule has 6 nitrogen and oxygen atoms in total. The van der Waals surface area contributed by atoms with Gasteiger partial charge in [0, 0.05) is 18.2 Å². The van der Waals surface area contributed by atoms with Gasteiger partial charge in [-0.05, 0) is 54.7 Å². The Bertz CT molecular complexity index is 543. The third kappa shape index (κ3) is 2.40. The second-order valence-electron chi connectivity index (χ2n) is 5.58. The number of hydrogen-bond acceptors (Lipinski definition) is 5. The molecule has 4 rings (SSSR count). The second-order valence-corrected chi connectivity index (χ2v) is 6.37. The number of hydrogen-bond donors (Lipinski definition) is 1. The van der Waals surface area contributed by atoms with Crippen molar-refractivity contribution in [2.24, 2.45) is 5.92 Å². The Morgan fingerprint density at radius 2 is 2.20 bits per heavy atom. The molecule has 0 amide bonds. The van der Waals surface area contributed by atoms with Gasteiger partial charge in [0.15, 0.2) is 0 Å². The molecule has 0 radical (unpaired) electrons. The standard InChI is InChI=1S/C13H17BrN4O2/c1-8-11(18(19)20)6-15-13(12(8)14)16-10-7-17-4-2-9(10)3-5-17/h6,9-10H,2-5,7H2,1H3,(H,15,16). The normalized spacial score (nSPS) is 28.4.